The zero-order chi connectivity index (χ0) is 10.3. The molecule has 0 saturated carbocycles. The molecule has 0 amide bonds. The van der Waals surface area contributed by atoms with Gasteiger partial charge in [-0.2, -0.15) is 0 Å². The van der Waals surface area contributed by atoms with Crippen LogP contribution in [0.15, 0.2) is 5.11 Å². The van der Waals surface area contributed by atoms with Gasteiger partial charge in [0, 0.05) is 4.91 Å². The summed E-state index contributed by atoms with van der Waals surface area (Å²) in [5, 5.41) is 12.2. The Morgan fingerprint density at radius 2 is 2.31 bits per heavy atom. The highest BCUT2D eigenvalue weighted by molar-refractivity contribution is 5.71. The highest BCUT2D eigenvalue weighted by Gasteiger charge is 2.10. The lowest BCUT2D eigenvalue weighted by molar-refractivity contribution is -0.150. The van der Waals surface area contributed by atoms with Gasteiger partial charge in [0.05, 0.1) is 18.6 Å². The summed E-state index contributed by atoms with van der Waals surface area (Å²) in [5.74, 6) is -0.591. The van der Waals surface area contributed by atoms with Gasteiger partial charge in [-0.1, -0.05) is 19.0 Å². The van der Waals surface area contributed by atoms with Gasteiger partial charge in [-0.25, -0.2) is 0 Å². The Kier molecular flexibility index (Phi) is 5.67. The first-order chi connectivity index (χ1) is 6.07. The van der Waals surface area contributed by atoms with Crippen LogP contribution in [0.4, 0.5) is 0 Å². The van der Waals surface area contributed by atoms with Gasteiger partial charge in [0.1, 0.15) is 6.61 Å². The molecule has 74 valence electrons. The summed E-state index contributed by atoms with van der Waals surface area (Å²) in [7, 11) is 0. The molecule has 0 aromatic rings. The molecule has 1 unspecified atom stereocenters. The van der Waals surface area contributed by atoms with Crippen LogP contribution in [-0.2, 0) is 9.53 Å². The molecule has 0 radical (unpaired) electrons. The first kappa shape index (κ1) is 11.7. The molecular weight excluding hydrogens is 174 g/mol. The van der Waals surface area contributed by atoms with Crippen molar-refractivity contribution < 1.29 is 14.6 Å². The number of carbonyl (C=O) groups excluding carboxylic acids is 1. The monoisotopic (exact) mass is 187 g/mol. The van der Waals surface area contributed by atoms with E-state index in [1.165, 1.54) is 0 Å². The topological polar surface area (TPSA) is 95.3 Å². The Bertz CT molecular complexity index is 211. The van der Waals surface area contributed by atoms with Gasteiger partial charge in [-0.05, 0) is 5.53 Å². The molecular formula is C7H13N3O3. The van der Waals surface area contributed by atoms with Crippen LogP contribution in [0.1, 0.15) is 13.8 Å². The fourth-order valence-corrected chi connectivity index (χ4v) is 0.528. The lowest BCUT2D eigenvalue weighted by Gasteiger charge is -2.09. The fourth-order valence-electron chi connectivity index (χ4n) is 0.528. The lowest BCUT2D eigenvalue weighted by atomic mass is 10.2. The van der Waals surface area contributed by atoms with Crippen LogP contribution in [0.2, 0.25) is 0 Å². The maximum absolute atomic E-state index is 10.9. The number of hydrogen-bond donors (Lipinski definition) is 1. The summed E-state index contributed by atoms with van der Waals surface area (Å²) in [6.07, 6.45) is -0.918. The van der Waals surface area contributed by atoms with Crippen LogP contribution in [-0.4, -0.2) is 30.3 Å². The van der Waals surface area contributed by atoms with Crippen LogP contribution >= 0.6 is 0 Å². The molecule has 13 heavy (non-hydrogen) atoms. The molecule has 0 heterocycles. The minimum Gasteiger partial charge on any atom is -0.463 e. The van der Waals surface area contributed by atoms with Gasteiger partial charge in [0.15, 0.2) is 0 Å². The van der Waals surface area contributed by atoms with E-state index >= 15 is 0 Å². The highest BCUT2D eigenvalue weighted by Crippen LogP contribution is 1.97. The molecule has 0 aromatic carbocycles. The van der Waals surface area contributed by atoms with E-state index < -0.39 is 6.10 Å². The van der Waals surface area contributed by atoms with E-state index in [-0.39, 0.29) is 25.0 Å². The number of ether oxygens (including phenoxy) is 1. The molecule has 1 atom stereocenters. The minimum atomic E-state index is -0.918. The van der Waals surface area contributed by atoms with E-state index in [2.05, 4.69) is 10.0 Å². The molecule has 0 spiro atoms. The normalized spacial score (nSPS) is 12.0. The number of rotatable bonds is 5. The number of hydrogen-bond acceptors (Lipinski definition) is 4. The lowest BCUT2D eigenvalue weighted by Crippen LogP contribution is -2.23. The predicted molar refractivity (Wildman–Crippen MR) is 45.8 cm³/mol. The largest absolute Gasteiger partial charge is 0.463 e. The maximum atomic E-state index is 10.9. The van der Waals surface area contributed by atoms with E-state index in [0.29, 0.717) is 0 Å². The van der Waals surface area contributed by atoms with Gasteiger partial charge in [-0.15, -0.1) is 0 Å². The zero-order valence-corrected chi connectivity index (χ0v) is 7.67. The molecule has 0 aliphatic carbocycles. The van der Waals surface area contributed by atoms with Gasteiger partial charge in [0.2, 0.25) is 0 Å². The van der Waals surface area contributed by atoms with Crippen molar-refractivity contribution >= 4 is 5.97 Å². The van der Waals surface area contributed by atoms with Crippen LogP contribution < -0.4 is 0 Å². The van der Waals surface area contributed by atoms with Crippen LogP contribution in [0.5, 0.6) is 0 Å². The summed E-state index contributed by atoms with van der Waals surface area (Å²) in [4.78, 5) is 13.3. The standard InChI is InChI=1S/C7H13N3O3/c1-5(2)7(12)13-4-6(11)3-9-10-8/h5-6,11H,3-4H2,1-2H3. The smallest absolute Gasteiger partial charge is 0.308 e. The average Bonchev–Trinajstić information content (AvgIpc) is 2.10. The van der Waals surface area contributed by atoms with Crippen molar-refractivity contribution in [1.82, 2.24) is 0 Å². The quantitative estimate of drug-likeness (QED) is 0.299. The second-order valence-electron chi connectivity index (χ2n) is 2.85. The minimum absolute atomic E-state index is 0.0815. The predicted octanol–water partition coefficient (Wildman–Crippen LogP) is 0.857. The van der Waals surface area contributed by atoms with Crippen LogP contribution in [0, 0.1) is 5.92 Å². The summed E-state index contributed by atoms with van der Waals surface area (Å²) in [6, 6.07) is 0. The first-order valence-corrected chi connectivity index (χ1v) is 3.93. The number of esters is 1. The van der Waals surface area contributed by atoms with Crippen LogP contribution in [0.3, 0.4) is 0 Å². The molecule has 0 aliphatic rings. The van der Waals surface area contributed by atoms with Gasteiger partial charge >= 0.3 is 5.97 Å². The van der Waals surface area contributed by atoms with Crippen molar-refractivity contribution in [2.45, 2.75) is 20.0 Å². The molecule has 0 bridgehead atoms. The Labute approximate surface area is 76.1 Å². The Morgan fingerprint density at radius 1 is 1.69 bits per heavy atom. The zero-order valence-electron chi connectivity index (χ0n) is 7.67. The van der Waals surface area contributed by atoms with E-state index in [9.17, 15) is 4.79 Å². The van der Waals surface area contributed by atoms with Crippen LogP contribution in [0.25, 0.3) is 10.4 Å². The number of nitrogens with zero attached hydrogens (tertiary/aromatic N) is 3. The van der Waals surface area contributed by atoms with Crippen molar-refractivity contribution in [3.63, 3.8) is 0 Å². The van der Waals surface area contributed by atoms with Gasteiger partial charge < -0.3 is 9.84 Å². The highest BCUT2D eigenvalue weighted by atomic mass is 16.5. The molecule has 1 N–H and O–H groups in total. The molecule has 0 rings (SSSR count). The van der Waals surface area contributed by atoms with Crippen molar-refractivity contribution in [1.29, 1.82) is 0 Å². The number of aliphatic hydroxyl groups is 1. The molecule has 0 fully saturated rings. The van der Waals surface area contributed by atoms with E-state index in [1.54, 1.807) is 13.8 Å². The summed E-state index contributed by atoms with van der Waals surface area (Å²) in [5.41, 5.74) is 7.92. The SMILES string of the molecule is CC(C)C(=O)OCC(O)CN=[N+]=[N-]. The third-order valence-corrected chi connectivity index (χ3v) is 1.25. The molecule has 6 heteroatoms. The molecule has 0 saturated heterocycles. The van der Waals surface area contributed by atoms with Gasteiger partial charge in [0.25, 0.3) is 0 Å². The third kappa shape index (κ3) is 5.95. The van der Waals surface area contributed by atoms with Crippen molar-refractivity contribution in [3.05, 3.63) is 10.4 Å². The maximum Gasteiger partial charge on any atom is 0.308 e. The first-order valence-electron chi connectivity index (χ1n) is 3.93. The van der Waals surface area contributed by atoms with Gasteiger partial charge in [-0.3, -0.25) is 4.79 Å². The summed E-state index contributed by atoms with van der Waals surface area (Å²) in [6.45, 7) is 3.18. The number of aliphatic hydroxyl groups excluding tert-OH is 1. The fraction of sp³-hybridized carbons (Fsp3) is 0.857. The Balaban J connectivity index is 3.63. The molecule has 0 aliphatic heterocycles. The summed E-state index contributed by atoms with van der Waals surface area (Å²) < 4.78 is 4.69. The average molecular weight is 187 g/mol. The summed E-state index contributed by atoms with van der Waals surface area (Å²) >= 11 is 0. The Morgan fingerprint density at radius 3 is 2.77 bits per heavy atom. The second kappa shape index (κ2) is 6.28. The number of carbonyl (C=O) groups is 1. The van der Waals surface area contributed by atoms with E-state index in [1.807, 2.05) is 0 Å². The molecule has 0 aromatic heterocycles. The Hall–Kier alpha value is -1.26. The van der Waals surface area contributed by atoms with Crippen molar-refractivity contribution in [2.75, 3.05) is 13.2 Å². The van der Waals surface area contributed by atoms with Crippen molar-refractivity contribution in [2.24, 2.45) is 11.0 Å². The van der Waals surface area contributed by atoms with E-state index in [0.717, 1.165) is 0 Å². The van der Waals surface area contributed by atoms with E-state index in [4.69, 9.17) is 15.4 Å². The third-order valence-electron chi connectivity index (χ3n) is 1.25. The van der Waals surface area contributed by atoms with Crippen molar-refractivity contribution in [3.8, 4) is 0 Å². The molecule has 6 nitrogen and oxygen atoms in total. The number of azide groups is 1. The second-order valence-corrected chi connectivity index (χ2v) is 2.85.